The molecule has 1 aromatic carbocycles. The maximum Gasteiger partial charge on any atom is 0.294 e. The molecular formula is C13H8BrN3O2. The molecule has 19 heavy (non-hydrogen) atoms. The molecule has 3 rings (SSSR count). The van der Waals surface area contributed by atoms with Crippen LogP contribution in [0.3, 0.4) is 0 Å². The molecule has 0 aliphatic heterocycles. The van der Waals surface area contributed by atoms with E-state index < -0.39 is 0 Å². The SMILES string of the molecule is CC(=O)c1nc(-c2nc3ccccc3cc2Br)no1. The molecule has 5 nitrogen and oxygen atoms in total. The molecule has 2 heterocycles. The van der Waals surface area contributed by atoms with Crippen LogP contribution in [0.5, 0.6) is 0 Å². The number of para-hydroxylation sites is 1. The van der Waals surface area contributed by atoms with E-state index in [1.165, 1.54) is 6.92 Å². The average molecular weight is 318 g/mol. The third-order valence-electron chi connectivity index (χ3n) is 2.62. The van der Waals surface area contributed by atoms with E-state index in [0.717, 1.165) is 15.4 Å². The lowest BCUT2D eigenvalue weighted by atomic mass is 10.2. The Morgan fingerprint density at radius 3 is 2.79 bits per heavy atom. The molecule has 0 radical (unpaired) electrons. The smallest absolute Gasteiger partial charge is 0.294 e. The molecule has 0 saturated heterocycles. The number of fused-ring (bicyclic) bond motifs is 1. The summed E-state index contributed by atoms with van der Waals surface area (Å²) in [5.41, 5.74) is 1.38. The molecule has 0 amide bonds. The Kier molecular flexibility index (Phi) is 2.87. The lowest BCUT2D eigenvalue weighted by molar-refractivity contribution is 0.0972. The van der Waals surface area contributed by atoms with E-state index >= 15 is 0 Å². The van der Waals surface area contributed by atoms with Crippen LogP contribution in [0.1, 0.15) is 17.6 Å². The first-order chi connectivity index (χ1) is 9.15. The van der Waals surface area contributed by atoms with Crippen LogP contribution in [-0.4, -0.2) is 20.9 Å². The van der Waals surface area contributed by atoms with Crippen molar-refractivity contribution < 1.29 is 9.32 Å². The monoisotopic (exact) mass is 317 g/mol. The first-order valence-electron chi connectivity index (χ1n) is 5.55. The van der Waals surface area contributed by atoms with Gasteiger partial charge in [-0.1, -0.05) is 23.4 Å². The number of nitrogens with zero attached hydrogens (tertiary/aromatic N) is 3. The number of ketones is 1. The number of benzene rings is 1. The van der Waals surface area contributed by atoms with Crippen molar-refractivity contribution in [1.82, 2.24) is 15.1 Å². The van der Waals surface area contributed by atoms with Crippen LogP contribution in [0.4, 0.5) is 0 Å². The van der Waals surface area contributed by atoms with Gasteiger partial charge in [0.2, 0.25) is 11.6 Å². The molecule has 0 saturated carbocycles. The van der Waals surface area contributed by atoms with Gasteiger partial charge in [0.25, 0.3) is 5.89 Å². The van der Waals surface area contributed by atoms with Crippen molar-refractivity contribution in [1.29, 1.82) is 0 Å². The molecule has 94 valence electrons. The fourth-order valence-electron chi connectivity index (χ4n) is 1.71. The van der Waals surface area contributed by atoms with Crippen molar-refractivity contribution in [2.75, 3.05) is 0 Å². The number of halogens is 1. The number of hydrogen-bond acceptors (Lipinski definition) is 5. The highest BCUT2D eigenvalue weighted by Gasteiger charge is 2.16. The molecule has 2 aromatic heterocycles. The van der Waals surface area contributed by atoms with Gasteiger partial charge in [-0.15, -0.1) is 0 Å². The topological polar surface area (TPSA) is 68.9 Å². The van der Waals surface area contributed by atoms with Crippen LogP contribution in [0.25, 0.3) is 22.4 Å². The second-order valence-electron chi connectivity index (χ2n) is 3.99. The third kappa shape index (κ3) is 2.15. The lowest BCUT2D eigenvalue weighted by Crippen LogP contribution is -1.93. The van der Waals surface area contributed by atoms with E-state index in [2.05, 4.69) is 31.1 Å². The Morgan fingerprint density at radius 1 is 1.26 bits per heavy atom. The molecule has 0 atom stereocenters. The van der Waals surface area contributed by atoms with E-state index in [1.807, 2.05) is 30.3 Å². The summed E-state index contributed by atoms with van der Waals surface area (Å²) in [7, 11) is 0. The Balaban J connectivity index is 2.18. The maximum absolute atomic E-state index is 11.2. The minimum Gasteiger partial charge on any atom is -0.330 e. The fraction of sp³-hybridized carbons (Fsp3) is 0.0769. The number of pyridine rings is 1. The van der Waals surface area contributed by atoms with Crippen molar-refractivity contribution in [3.05, 3.63) is 40.7 Å². The van der Waals surface area contributed by atoms with Crippen molar-refractivity contribution in [3.63, 3.8) is 0 Å². The molecular weight excluding hydrogens is 310 g/mol. The molecule has 0 spiro atoms. The maximum atomic E-state index is 11.2. The van der Waals surface area contributed by atoms with Gasteiger partial charge in [0, 0.05) is 16.8 Å². The summed E-state index contributed by atoms with van der Waals surface area (Å²) in [6.45, 7) is 1.38. The second kappa shape index (κ2) is 4.55. The summed E-state index contributed by atoms with van der Waals surface area (Å²) in [4.78, 5) is 19.7. The molecule has 3 aromatic rings. The van der Waals surface area contributed by atoms with Gasteiger partial charge >= 0.3 is 0 Å². The number of hydrogen-bond donors (Lipinski definition) is 0. The number of aromatic nitrogens is 3. The largest absolute Gasteiger partial charge is 0.330 e. The predicted octanol–water partition coefficient (Wildman–Crippen LogP) is 3.25. The summed E-state index contributed by atoms with van der Waals surface area (Å²) in [6, 6.07) is 9.65. The standard InChI is InChI=1S/C13H8BrN3O2/c1-7(18)13-16-12(17-19-13)11-9(14)6-8-4-2-3-5-10(8)15-11/h2-6H,1H3. The van der Waals surface area contributed by atoms with Gasteiger partial charge in [0.05, 0.1) is 5.52 Å². The molecule has 6 heteroatoms. The highest BCUT2D eigenvalue weighted by Crippen LogP contribution is 2.27. The second-order valence-corrected chi connectivity index (χ2v) is 4.85. The van der Waals surface area contributed by atoms with Crippen LogP contribution in [0, 0.1) is 0 Å². The van der Waals surface area contributed by atoms with E-state index in [1.54, 1.807) is 0 Å². The van der Waals surface area contributed by atoms with Crippen molar-refractivity contribution in [2.45, 2.75) is 6.92 Å². The first-order valence-corrected chi connectivity index (χ1v) is 6.35. The molecule has 0 N–H and O–H groups in total. The minimum absolute atomic E-state index is 0.0168. The first kappa shape index (κ1) is 12.0. The zero-order valence-electron chi connectivity index (χ0n) is 9.92. The highest BCUT2D eigenvalue weighted by atomic mass is 79.9. The Labute approximate surface area is 116 Å². The van der Waals surface area contributed by atoms with E-state index in [-0.39, 0.29) is 11.7 Å². The summed E-state index contributed by atoms with van der Waals surface area (Å²) >= 11 is 3.43. The summed E-state index contributed by atoms with van der Waals surface area (Å²) < 4.78 is 5.63. The Hall–Kier alpha value is -2.08. The van der Waals surface area contributed by atoms with Crippen LogP contribution >= 0.6 is 15.9 Å². The van der Waals surface area contributed by atoms with E-state index in [0.29, 0.717) is 11.5 Å². The van der Waals surface area contributed by atoms with Gasteiger partial charge in [-0.05, 0) is 28.1 Å². The molecule has 0 aliphatic rings. The highest BCUT2D eigenvalue weighted by molar-refractivity contribution is 9.10. The number of carbonyl (C=O) groups is 1. The lowest BCUT2D eigenvalue weighted by Gasteiger charge is -2.01. The molecule has 0 bridgehead atoms. The van der Waals surface area contributed by atoms with Crippen LogP contribution in [0.15, 0.2) is 39.3 Å². The van der Waals surface area contributed by atoms with Crippen LogP contribution < -0.4 is 0 Å². The molecule has 0 aliphatic carbocycles. The molecule has 0 unspecified atom stereocenters. The average Bonchev–Trinajstić information content (AvgIpc) is 2.87. The third-order valence-corrected chi connectivity index (χ3v) is 3.22. The summed E-state index contributed by atoms with van der Waals surface area (Å²) in [6.07, 6.45) is 0. The fourth-order valence-corrected chi connectivity index (χ4v) is 2.22. The summed E-state index contributed by atoms with van der Waals surface area (Å²) in [5.74, 6) is 0.00958. The predicted molar refractivity (Wildman–Crippen MR) is 72.7 cm³/mol. The quantitative estimate of drug-likeness (QED) is 0.678. The van der Waals surface area contributed by atoms with Gasteiger partial charge in [0.15, 0.2) is 0 Å². The zero-order chi connectivity index (χ0) is 13.4. The van der Waals surface area contributed by atoms with Gasteiger partial charge < -0.3 is 4.52 Å². The number of rotatable bonds is 2. The minimum atomic E-state index is -0.268. The number of Topliss-reactive ketones (excluding diaryl/α,β-unsaturated/α-hetero) is 1. The van der Waals surface area contributed by atoms with Gasteiger partial charge in [0.1, 0.15) is 5.69 Å². The number of carbonyl (C=O) groups excluding carboxylic acids is 1. The Bertz CT molecular complexity index is 782. The van der Waals surface area contributed by atoms with Crippen molar-refractivity contribution in [3.8, 4) is 11.5 Å². The van der Waals surface area contributed by atoms with Crippen molar-refractivity contribution in [2.24, 2.45) is 0 Å². The molecule has 0 fully saturated rings. The van der Waals surface area contributed by atoms with Gasteiger partial charge in [-0.3, -0.25) is 4.79 Å². The Morgan fingerprint density at radius 2 is 2.05 bits per heavy atom. The normalized spacial score (nSPS) is 10.8. The zero-order valence-corrected chi connectivity index (χ0v) is 11.5. The van der Waals surface area contributed by atoms with E-state index in [4.69, 9.17) is 4.52 Å². The van der Waals surface area contributed by atoms with Crippen molar-refractivity contribution >= 4 is 32.6 Å². The van der Waals surface area contributed by atoms with E-state index in [9.17, 15) is 4.79 Å². The van der Waals surface area contributed by atoms with Crippen LogP contribution in [0.2, 0.25) is 0 Å². The summed E-state index contributed by atoms with van der Waals surface area (Å²) in [5, 5.41) is 4.78. The van der Waals surface area contributed by atoms with Gasteiger partial charge in [-0.25, -0.2) is 4.98 Å². The van der Waals surface area contributed by atoms with Gasteiger partial charge in [-0.2, -0.15) is 4.98 Å². The van der Waals surface area contributed by atoms with Crippen LogP contribution in [-0.2, 0) is 0 Å².